The van der Waals surface area contributed by atoms with Gasteiger partial charge in [0.15, 0.2) is 0 Å². The SMILES string of the molecule is CCCC(NC)c1ccncc1. The van der Waals surface area contributed by atoms with Crippen molar-refractivity contribution in [3.05, 3.63) is 30.1 Å². The molecule has 1 heterocycles. The molecule has 0 saturated carbocycles. The van der Waals surface area contributed by atoms with Crippen molar-refractivity contribution in [1.29, 1.82) is 0 Å². The molecule has 1 aromatic rings. The van der Waals surface area contributed by atoms with E-state index in [1.165, 1.54) is 18.4 Å². The van der Waals surface area contributed by atoms with Crippen LogP contribution < -0.4 is 5.32 Å². The van der Waals surface area contributed by atoms with Gasteiger partial charge < -0.3 is 5.32 Å². The summed E-state index contributed by atoms with van der Waals surface area (Å²) in [6.07, 6.45) is 6.07. The lowest BCUT2D eigenvalue weighted by Crippen LogP contribution is -2.15. The summed E-state index contributed by atoms with van der Waals surface area (Å²) >= 11 is 0. The maximum atomic E-state index is 3.99. The fraction of sp³-hybridized carbons (Fsp3) is 0.500. The van der Waals surface area contributed by atoms with E-state index < -0.39 is 0 Å². The average Bonchev–Trinajstić information content (AvgIpc) is 2.15. The van der Waals surface area contributed by atoms with Crippen LogP contribution in [0.3, 0.4) is 0 Å². The van der Waals surface area contributed by atoms with Crippen LogP contribution in [0.25, 0.3) is 0 Å². The minimum atomic E-state index is 0.484. The van der Waals surface area contributed by atoms with Crippen LogP contribution in [0, 0.1) is 0 Å². The molecule has 2 heteroatoms. The Labute approximate surface area is 74.0 Å². The first-order valence-corrected chi connectivity index (χ1v) is 4.45. The van der Waals surface area contributed by atoms with Crippen molar-refractivity contribution in [3.63, 3.8) is 0 Å². The molecule has 0 aliphatic carbocycles. The molecule has 1 unspecified atom stereocenters. The summed E-state index contributed by atoms with van der Waals surface area (Å²) in [5, 5.41) is 3.29. The van der Waals surface area contributed by atoms with Gasteiger partial charge in [0.05, 0.1) is 0 Å². The first-order chi connectivity index (χ1) is 5.88. The highest BCUT2D eigenvalue weighted by molar-refractivity contribution is 5.14. The zero-order valence-electron chi connectivity index (χ0n) is 7.75. The normalized spacial score (nSPS) is 12.8. The molecule has 0 aromatic carbocycles. The predicted molar refractivity (Wildman–Crippen MR) is 50.9 cm³/mol. The molecule has 0 fully saturated rings. The highest BCUT2D eigenvalue weighted by Gasteiger charge is 2.05. The molecule has 0 spiro atoms. The Morgan fingerprint density at radius 1 is 1.42 bits per heavy atom. The van der Waals surface area contributed by atoms with Crippen LogP contribution in [0.15, 0.2) is 24.5 Å². The molecule has 1 aromatic heterocycles. The van der Waals surface area contributed by atoms with Gasteiger partial charge in [-0.3, -0.25) is 4.98 Å². The topological polar surface area (TPSA) is 24.9 Å². The summed E-state index contributed by atoms with van der Waals surface area (Å²) in [5.41, 5.74) is 1.33. The minimum Gasteiger partial charge on any atom is -0.313 e. The van der Waals surface area contributed by atoms with E-state index in [1.807, 2.05) is 19.4 Å². The Kier molecular flexibility index (Phi) is 3.74. The highest BCUT2D eigenvalue weighted by atomic mass is 14.9. The number of aromatic nitrogens is 1. The second-order valence-electron chi connectivity index (χ2n) is 2.91. The second kappa shape index (κ2) is 4.88. The molecule has 0 radical (unpaired) electrons. The van der Waals surface area contributed by atoms with E-state index in [-0.39, 0.29) is 0 Å². The summed E-state index contributed by atoms with van der Waals surface area (Å²) in [6, 6.07) is 4.62. The number of hydrogen-bond donors (Lipinski definition) is 1. The van der Waals surface area contributed by atoms with Crippen LogP contribution >= 0.6 is 0 Å². The third-order valence-corrected chi connectivity index (χ3v) is 2.03. The van der Waals surface area contributed by atoms with Gasteiger partial charge >= 0.3 is 0 Å². The monoisotopic (exact) mass is 164 g/mol. The summed E-state index contributed by atoms with van der Waals surface area (Å²) in [7, 11) is 2.00. The molecular formula is C10H16N2. The molecule has 2 nitrogen and oxygen atoms in total. The van der Waals surface area contributed by atoms with E-state index in [0.29, 0.717) is 6.04 Å². The largest absolute Gasteiger partial charge is 0.313 e. The fourth-order valence-corrected chi connectivity index (χ4v) is 1.36. The van der Waals surface area contributed by atoms with Gasteiger partial charge in [-0.2, -0.15) is 0 Å². The lowest BCUT2D eigenvalue weighted by molar-refractivity contribution is 0.541. The molecule has 1 N–H and O–H groups in total. The molecule has 0 aliphatic rings. The van der Waals surface area contributed by atoms with Gasteiger partial charge in [0.25, 0.3) is 0 Å². The zero-order chi connectivity index (χ0) is 8.81. The lowest BCUT2D eigenvalue weighted by atomic mass is 10.0. The maximum Gasteiger partial charge on any atom is 0.0318 e. The van der Waals surface area contributed by atoms with E-state index in [9.17, 15) is 0 Å². The molecule has 0 bridgehead atoms. The molecule has 66 valence electrons. The number of pyridine rings is 1. The first-order valence-electron chi connectivity index (χ1n) is 4.45. The Morgan fingerprint density at radius 3 is 2.58 bits per heavy atom. The van der Waals surface area contributed by atoms with Gasteiger partial charge in [-0.15, -0.1) is 0 Å². The van der Waals surface area contributed by atoms with Crippen molar-refractivity contribution in [3.8, 4) is 0 Å². The number of rotatable bonds is 4. The molecular weight excluding hydrogens is 148 g/mol. The van der Waals surface area contributed by atoms with Crippen molar-refractivity contribution in [2.75, 3.05) is 7.05 Å². The van der Waals surface area contributed by atoms with Crippen LogP contribution in [0.2, 0.25) is 0 Å². The van der Waals surface area contributed by atoms with Gasteiger partial charge in [0.1, 0.15) is 0 Å². The minimum absolute atomic E-state index is 0.484. The van der Waals surface area contributed by atoms with Gasteiger partial charge in [-0.1, -0.05) is 13.3 Å². The third-order valence-electron chi connectivity index (χ3n) is 2.03. The van der Waals surface area contributed by atoms with Crippen LogP contribution in [0.1, 0.15) is 31.4 Å². The molecule has 12 heavy (non-hydrogen) atoms. The van der Waals surface area contributed by atoms with E-state index in [4.69, 9.17) is 0 Å². The Hall–Kier alpha value is -0.890. The lowest BCUT2D eigenvalue weighted by Gasteiger charge is -2.14. The molecule has 0 saturated heterocycles. The second-order valence-corrected chi connectivity index (χ2v) is 2.91. The fourth-order valence-electron chi connectivity index (χ4n) is 1.36. The highest BCUT2D eigenvalue weighted by Crippen LogP contribution is 2.16. The Balaban J connectivity index is 2.66. The Bertz CT molecular complexity index is 208. The first kappa shape index (κ1) is 9.20. The molecule has 1 atom stereocenters. The number of nitrogens with zero attached hydrogens (tertiary/aromatic N) is 1. The van der Waals surface area contributed by atoms with Gasteiger partial charge in [-0.05, 0) is 31.2 Å². The molecule has 0 amide bonds. The van der Waals surface area contributed by atoms with E-state index in [1.54, 1.807) is 0 Å². The van der Waals surface area contributed by atoms with Crippen LogP contribution in [-0.2, 0) is 0 Å². The molecule has 1 rings (SSSR count). The van der Waals surface area contributed by atoms with Crippen LogP contribution in [0.5, 0.6) is 0 Å². The van der Waals surface area contributed by atoms with Gasteiger partial charge in [0.2, 0.25) is 0 Å². The van der Waals surface area contributed by atoms with E-state index >= 15 is 0 Å². The molecule has 0 aliphatic heterocycles. The summed E-state index contributed by atoms with van der Waals surface area (Å²) in [4.78, 5) is 3.99. The van der Waals surface area contributed by atoms with Crippen molar-refractivity contribution in [2.24, 2.45) is 0 Å². The van der Waals surface area contributed by atoms with Crippen molar-refractivity contribution >= 4 is 0 Å². The quantitative estimate of drug-likeness (QED) is 0.737. The van der Waals surface area contributed by atoms with Crippen molar-refractivity contribution in [2.45, 2.75) is 25.8 Å². The van der Waals surface area contributed by atoms with Crippen LogP contribution in [-0.4, -0.2) is 12.0 Å². The standard InChI is InChI=1S/C10H16N2/c1-3-4-10(11-2)9-5-7-12-8-6-9/h5-8,10-11H,3-4H2,1-2H3. The van der Waals surface area contributed by atoms with Crippen molar-refractivity contribution < 1.29 is 0 Å². The number of hydrogen-bond acceptors (Lipinski definition) is 2. The average molecular weight is 164 g/mol. The third kappa shape index (κ3) is 2.31. The summed E-state index contributed by atoms with van der Waals surface area (Å²) in [5.74, 6) is 0. The number of nitrogens with one attached hydrogen (secondary N) is 1. The van der Waals surface area contributed by atoms with Crippen molar-refractivity contribution in [1.82, 2.24) is 10.3 Å². The van der Waals surface area contributed by atoms with Crippen LogP contribution in [0.4, 0.5) is 0 Å². The summed E-state index contributed by atoms with van der Waals surface area (Å²) in [6.45, 7) is 2.20. The smallest absolute Gasteiger partial charge is 0.0318 e. The zero-order valence-corrected chi connectivity index (χ0v) is 7.75. The van der Waals surface area contributed by atoms with Gasteiger partial charge in [-0.25, -0.2) is 0 Å². The Morgan fingerprint density at radius 2 is 2.08 bits per heavy atom. The maximum absolute atomic E-state index is 3.99. The van der Waals surface area contributed by atoms with E-state index in [2.05, 4.69) is 29.4 Å². The van der Waals surface area contributed by atoms with E-state index in [0.717, 1.165) is 0 Å². The summed E-state index contributed by atoms with van der Waals surface area (Å²) < 4.78 is 0. The van der Waals surface area contributed by atoms with Gasteiger partial charge in [0, 0.05) is 18.4 Å². The predicted octanol–water partition coefficient (Wildman–Crippen LogP) is 2.14.